The Hall–Kier alpha value is -0.540. The van der Waals surface area contributed by atoms with Gasteiger partial charge in [0.1, 0.15) is 0 Å². The highest BCUT2D eigenvalue weighted by atomic mass is 35.5. The summed E-state index contributed by atoms with van der Waals surface area (Å²) in [7, 11) is 0. The van der Waals surface area contributed by atoms with E-state index in [1.54, 1.807) is 0 Å². The lowest BCUT2D eigenvalue weighted by atomic mass is 9.95. The summed E-state index contributed by atoms with van der Waals surface area (Å²) in [6.07, 6.45) is 3.70. The van der Waals surface area contributed by atoms with E-state index in [9.17, 15) is 4.79 Å². The van der Waals surface area contributed by atoms with Gasteiger partial charge >= 0.3 is 0 Å². The van der Waals surface area contributed by atoms with Gasteiger partial charge in [0.2, 0.25) is 5.91 Å². The topological polar surface area (TPSA) is 29.1 Å². The molecule has 0 bridgehead atoms. The normalized spacial score (nSPS) is 14.8. The highest BCUT2D eigenvalue weighted by molar-refractivity contribution is 7.12. The molecule has 1 N–H and O–H groups in total. The fraction of sp³-hybridized carbons (Fsp3) is 0.615. The third-order valence-electron chi connectivity index (χ3n) is 3.17. The zero-order chi connectivity index (χ0) is 12.5. The summed E-state index contributed by atoms with van der Waals surface area (Å²) in [5.74, 6) is 0.376. The molecule has 1 aromatic rings. The van der Waals surface area contributed by atoms with Crippen molar-refractivity contribution in [1.29, 1.82) is 0 Å². The SMILES string of the molecule is CC(C)(CCl)C(=O)NCc1cc2c(s1)CCC2. The van der Waals surface area contributed by atoms with Gasteiger partial charge < -0.3 is 5.32 Å². The van der Waals surface area contributed by atoms with Crippen LogP contribution in [0.1, 0.15) is 35.6 Å². The van der Waals surface area contributed by atoms with E-state index in [0.717, 1.165) is 0 Å². The first kappa shape index (κ1) is 12.9. The molecule has 0 aromatic carbocycles. The quantitative estimate of drug-likeness (QED) is 0.838. The van der Waals surface area contributed by atoms with Crippen LogP contribution >= 0.6 is 22.9 Å². The average Bonchev–Trinajstić information content (AvgIpc) is 2.85. The highest BCUT2D eigenvalue weighted by Crippen LogP contribution is 2.30. The molecule has 2 nitrogen and oxygen atoms in total. The molecule has 1 aromatic heterocycles. The summed E-state index contributed by atoms with van der Waals surface area (Å²) in [6, 6.07) is 2.24. The number of hydrogen-bond acceptors (Lipinski definition) is 2. The lowest BCUT2D eigenvalue weighted by Gasteiger charge is -2.19. The maximum atomic E-state index is 11.9. The van der Waals surface area contributed by atoms with E-state index in [2.05, 4.69) is 11.4 Å². The zero-order valence-electron chi connectivity index (χ0n) is 10.3. The Morgan fingerprint density at radius 2 is 2.29 bits per heavy atom. The predicted molar refractivity (Wildman–Crippen MR) is 72.7 cm³/mol. The highest BCUT2D eigenvalue weighted by Gasteiger charge is 2.26. The number of carbonyl (C=O) groups excluding carboxylic acids is 1. The minimum Gasteiger partial charge on any atom is -0.351 e. The van der Waals surface area contributed by atoms with Crippen LogP contribution in [0.2, 0.25) is 0 Å². The number of hydrogen-bond donors (Lipinski definition) is 1. The molecule has 0 aliphatic heterocycles. The maximum Gasteiger partial charge on any atom is 0.227 e. The van der Waals surface area contributed by atoms with Crippen molar-refractivity contribution < 1.29 is 4.79 Å². The van der Waals surface area contributed by atoms with Gasteiger partial charge in [-0.15, -0.1) is 22.9 Å². The van der Waals surface area contributed by atoms with E-state index >= 15 is 0 Å². The minimum atomic E-state index is -0.485. The molecule has 17 heavy (non-hydrogen) atoms. The first-order valence-corrected chi connectivity index (χ1v) is 7.33. The molecule has 0 fully saturated rings. The van der Waals surface area contributed by atoms with E-state index in [1.807, 2.05) is 25.2 Å². The van der Waals surface area contributed by atoms with Gasteiger partial charge in [-0.3, -0.25) is 4.79 Å². The minimum absolute atomic E-state index is 0.0288. The van der Waals surface area contributed by atoms with Crippen LogP contribution in [0.25, 0.3) is 0 Å². The number of halogens is 1. The van der Waals surface area contributed by atoms with Crippen LogP contribution in [-0.2, 0) is 24.2 Å². The molecule has 1 aliphatic rings. The van der Waals surface area contributed by atoms with E-state index in [4.69, 9.17) is 11.6 Å². The Bertz CT molecular complexity index is 404. The fourth-order valence-electron chi connectivity index (χ4n) is 1.95. The Labute approximate surface area is 111 Å². The Kier molecular flexibility index (Phi) is 3.79. The monoisotopic (exact) mass is 271 g/mol. The summed E-state index contributed by atoms with van der Waals surface area (Å²) >= 11 is 7.61. The van der Waals surface area contributed by atoms with Gasteiger partial charge in [0.15, 0.2) is 0 Å². The second-order valence-corrected chi connectivity index (χ2v) is 6.70. The molecule has 0 atom stereocenters. The number of rotatable bonds is 4. The molecule has 0 saturated carbocycles. The number of thiophene rings is 1. The van der Waals surface area contributed by atoms with Gasteiger partial charge in [-0.1, -0.05) is 0 Å². The largest absolute Gasteiger partial charge is 0.351 e. The number of nitrogens with one attached hydrogen (secondary N) is 1. The van der Waals surface area contributed by atoms with Crippen LogP contribution in [0.4, 0.5) is 0 Å². The fourth-order valence-corrected chi connectivity index (χ4v) is 3.27. The van der Waals surface area contributed by atoms with Gasteiger partial charge in [-0.2, -0.15) is 0 Å². The zero-order valence-corrected chi connectivity index (χ0v) is 11.9. The first-order chi connectivity index (χ1) is 8.03. The van der Waals surface area contributed by atoms with Crippen molar-refractivity contribution in [3.05, 3.63) is 21.4 Å². The van der Waals surface area contributed by atoms with Crippen molar-refractivity contribution in [2.45, 2.75) is 39.7 Å². The molecule has 1 aliphatic carbocycles. The van der Waals surface area contributed by atoms with Crippen LogP contribution in [0, 0.1) is 5.41 Å². The Morgan fingerprint density at radius 3 is 2.94 bits per heavy atom. The second-order valence-electron chi connectivity index (χ2n) is 5.21. The number of alkyl halides is 1. The summed E-state index contributed by atoms with van der Waals surface area (Å²) in [5.41, 5.74) is 0.998. The first-order valence-electron chi connectivity index (χ1n) is 5.97. The number of aryl methyl sites for hydroxylation is 2. The van der Waals surface area contributed by atoms with E-state index in [0.29, 0.717) is 12.4 Å². The van der Waals surface area contributed by atoms with Gasteiger partial charge in [0, 0.05) is 15.6 Å². The van der Waals surface area contributed by atoms with Crippen molar-refractivity contribution in [3.63, 3.8) is 0 Å². The van der Waals surface area contributed by atoms with Crippen molar-refractivity contribution in [3.8, 4) is 0 Å². The smallest absolute Gasteiger partial charge is 0.227 e. The van der Waals surface area contributed by atoms with Gasteiger partial charge in [0.05, 0.1) is 12.0 Å². The van der Waals surface area contributed by atoms with Crippen LogP contribution in [0.5, 0.6) is 0 Å². The van der Waals surface area contributed by atoms with Crippen LogP contribution < -0.4 is 5.32 Å². The molecule has 0 spiro atoms. The molecule has 1 heterocycles. The summed E-state index contributed by atoms with van der Waals surface area (Å²) in [5, 5.41) is 2.97. The number of amides is 1. The summed E-state index contributed by atoms with van der Waals surface area (Å²) in [4.78, 5) is 14.6. The predicted octanol–water partition coefficient (Wildman–Crippen LogP) is 3.12. The molecule has 4 heteroatoms. The molecule has 94 valence electrons. The van der Waals surface area contributed by atoms with Crippen LogP contribution in [0.3, 0.4) is 0 Å². The molecule has 0 radical (unpaired) electrons. The molecule has 0 unspecified atom stereocenters. The van der Waals surface area contributed by atoms with Crippen LogP contribution in [-0.4, -0.2) is 11.8 Å². The van der Waals surface area contributed by atoms with Gasteiger partial charge in [-0.25, -0.2) is 0 Å². The molecular weight excluding hydrogens is 254 g/mol. The molecule has 0 saturated heterocycles. The Balaban J connectivity index is 1.92. The van der Waals surface area contributed by atoms with Crippen LogP contribution in [0.15, 0.2) is 6.07 Å². The lowest BCUT2D eigenvalue weighted by Crippen LogP contribution is -2.37. The third kappa shape index (κ3) is 2.83. The summed E-state index contributed by atoms with van der Waals surface area (Å²) < 4.78 is 0. The number of carbonyl (C=O) groups is 1. The third-order valence-corrected chi connectivity index (χ3v) is 5.07. The number of fused-ring (bicyclic) bond motifs is 1. The molecule has 1 amide bonds. The standard InChI is InChI=1S/C13H18ClNOS/c1-13(2,8-14)12(16)15-7-10-6-9-4-3-5-11(9)17-10/h6H,3-5,7-8H2,1-2H3,(H,15,16). The van der Waals surface area contributed by atoms with Crippen molar-refractivity contribution in [2.24, 2.45) is 5.41 Å². The lowest BCUT2D eigenvalue weighted by molar-refractivity contribution is -0.128. The summed E-state index contributed by atoms with van der Waals surface area (Å²) in [6.45, 7) is 4.37. The van der Waals surface area contributed by atoms with E-state index in [-0.39, 0.29) is 5.91 Å². The van der Waals surface area contributed by atoms with E-state index in [1.165, 1.54) is 34.6 Å². The van der Waals surface area contributed by atoms with Gasteiger partial charge in [-0.05, 0) is 44.7 Å². The average molecular weight is 272 g/mol. The molecular formula is C13H18ClNOS. The van der Waals surface area contributed by atoms with Gasteiger partial charge in [0.25, 0.3) is 0 Å². The Morgan fingerprint density at radius 1 is 1.53 bits per heavy atom. The van der Waals surface area contributed by atoms with Crippen molar-refractivity contribution in [1.82, 2.24) is 5.32 Å². The second kappa shape index (κ2) is 4.99. The molecule has 2 rings (SSSR count). The van der Waals surface area contributed by atoms with Crippen molar-refractivity contribution in [2.75, 3.05) is 5.88 Å². The maximum absolute atomic E-state index is 11.9. The van der Waals surface area contributed by atoms with Crippen molar-refractivity contribution >= 4 is 28.8 Å². The van der Waals surface area contributed by atoms with E-state index < -0.39 is 5.41 Å².